The first-order valence-electron chi connectivity index (χ1n) is 5.35. The highest BCUT2D eigenvalue weighted by molar-refractivity contribution is 5.29. The van der Waals surface area contributed by atoms with Gasteiger partial charge in [0.25, 0.3) is 0 Å². The van der Waals surface area contributed by atoms with Gasteiger partial charge in [-0.2, -0.15) is 0 Å². The fourth-order valence-corrected chi connectivity index (χ4v) is 1.41. The van der Waals surface area contributed by atoms with Crippen LogP contribution in [0.25, 0.3) is 0 Å². The van der Waals surface area contributed by atoms with E-state index >= 15 is 0 Å². The van der Waals surface area contributed by atoms with Crippen molar-refractivity contribution in [2.45, 2.75) is 41.0 Å². The molecule has 0 saturated heterocycles. The van der Waals surface area contributed by atoms with Crippen LogP contribution in [0, 0.1) is 6.92 Å². The van der Waals surface area contributed by atoms with Crippen LogP contribution in [0.15, 0.2) is 0 Å². The third-order valence-electron chi connectivity index (χ3n) is 2.00. The second kappa shape index (κ2) is 6.46. The van der Waals surface area contributed by atoms with Gasteiger partial charge in [-0.15, -0.1) is 5.10 Å². The molecular formula is C11H22N2O. The van der Waals surface area contributed by atoms with Crippen LogP contribution in [-0.2, 0) is 13.5 Å². The fourth-order valence-electron chi connectivity index (χ4n) is 1.41. The second-order valence-corrected chi connectivity index (χ2v) is 2.79. The second-order valence-electron chi connectivity index (χ2n) is 2.79. The molecule has 0 aliphatic heterocycles. The molecule has 0 amide bonds. The van der Waals surface area contributed by atoms with Gasteiger partial charge in [-0.05, 0) is 20.3 Å². The lowest BCUT2D eigenvalue weighted by molar-refractivity contribution is 0.321. The summed E-state index contributed by atoms with van der Waals surface area (Å²) in [6.07, 6.45) is 1.00. The quantitative estimate of drug-likeness (QED) is 0.746. The molecule has 1 aromatic heterocycles. The first kappa shape index (κ1) is 13.0. The molecule has 3 nitrogen and oxygen atoms in total. The SMILES string of the molecule is CC.CCOc1nn(C)c(CC)c1C. The lowest BCUT2D eigenvalue weighted by Crippen LogP contribution is -1.97. The molecule has 0 aliphatic rings. The Morgan fingerprint density at radius 2 is 1.86 bits per heavy atom. The molecule has 0 unspecified atom stereocenters. The average Bonchev–Trinajstić information content (AvgIpc) is 2.46. The molecular weight excluding hydrogens is 176 g/mol. The summed E-state index contributed by atoms with van der Waals surface area (Å²) in [5.41, 5.74) is 2.42. The predicted octanol–water partition coefficient (Wildman–Crippen LogP) is 2.72. The molecule has 0 fully saturated rings. The van der Waals surface area contributed by atoms with Crippen molar-refractivity contribution < 1.29 is 4.74 Å². The molecule has 1 heterocycles. The van der Waals surface area contributed by atoms with Gasteiger partial charge in [-0.1, -0.05) is 20.8 Å². The summed E-state index contributed by atoms with van der Waals surface area (Å²) >= 11 is 0. The van der Waals surface area contributed by atoms with E-state index in [1.54, 1.807) is 0 Å². The molecule has 0 aromatic carbocycles. The number of hydrogen-bond donors (Lipinski definition) is 0. The Morgan fingerprint density at radius 1 is 1.29 bits per heavy atom. The smallest absolute Gasteiger partial charge is 0.235 e. The van der Waals surface area contributed by atoms with Crippen LogP contribution in [0.4, 0.5) is 0 Å². The van der Waals surface area contributed by atoms with Crippen LogP contribution in [-0.4, -0.2) is 16.4 Å². The normalized spacial score (nSPS) is 9.29. The van der Waals surface area contributed by atoms with Gasteiger partial charge in [0.2, 0.25) is 5.88 Å². The van der Waals surface area contributed by atoms with Gasteiger partial charge in [0.05, 0.1) is 6.61 Å². The minimum absolute atomic E-state index is 0.682. The van der Waals surface area contributed by atoms with Crippen molar-refractivity contribution in [3.05, 3.63) is 11.3 Å². The van der Waals surface area contributed by atoms with Gasteiger partial charge in [0.15, 0.2) is 0 Å². The maximum atomic E-state index is 5.37. The Balaban J connectivity index is 0.000000791. The maximum Gasteiger partial charge on any atom is 0.235 e. The lowest BCUT2D eigenvalue weighted by atomic mass is 10.2. The predicted molar refractivity (Wildman–Crippen MR) is 59.8 cm³/mol. The summed E-state index contributed by atoms with van der Waals surface area (Å²) in [4.78, 5) is 0. The van der Waals surface area contributed by atoms with Crippen molar-refractivity contribution >= 4 is 0 Å². The third kappa shape index (κ3) is 2.76. The van der Waals surface area contributed by atoms with Crippen molar-refractivity contribution in [2.75, 3.05) is 6.61 Å². The van der Waals surface area contributed by atoms with Crippen molar-refractivity contribution in [1.82, 2.24) is 9.78 Å². The number of rotatable bonds is 3. The summed E-state index contributed by atoms with van der Waals surface area (Å²) in [5.74, 6) is 0.775. The van der Waals surface area contributed by atoms with E-state index < -0.39 is 0 Å². The number of aryl methyl sites for hydroxylation is 1. The van der Waals surface area contributed by atoms with Gasteiger partial charge < -0.3 is 4.74 Å². The van der Waals surface area contributed by atoms with Crippen molar-refractivity contribution in [1.29, 1.82) is 0 Å². The largest absolute Gasteiger partial charge is 0.477 e. The first-order chi connectivity index (χ1) is 6.70. The summed E-state index contributed by atoms with van der Waals surface area (Å²) in [5, 5.41) is 4.27. The van der Waals surface area contributed by atoms with Gasteiger partial charge >= 0.3 is 0 Å². The Labute approximate surface area is 87.1 Å². The highest BCUT2D eigenvalue weighted by Crippen LogP contribution is 2.19. The van der Waals surface area contributed by atoms with Gasteiger partial charge in [-0.3, -0.25) is 4.68 Å². The van der Waals surface area contributed by atoms with Crippen molar-refractivity contribution in [3.8, 4) is 5.88 Å². The molecule has 0 aliphatic carbocycles. The minimum atomic E-state index is 0.682. The van der Waals surface area contributed by atoms with E-state index in [1.807, 2.05) is 32.5 Å². The standard InChI is InChI=1S/C9H16N2O.C2H6/c1-5-8-7(3)9(12-6-2)10-11(8)4;1-2/h5-6H2,1-4H3;1-2H3. The number of nitrogens with zero attached hydrogens (tertiary/aromatic N) is 2. The Hall–Kier alpha value is -0.990. The van der Waals surface area contributed by atoms with Gasteiger partial charge in [-0.25, -0.2) is 0 Å². The summed E-state index contributed by atoms with van der Waals surface area (Å²) in [7, 11) is 1.95. The zero-order valence-corrected chi connectivity index (χ0v) is 10.2. The molecule has 14 heavy (non-hydrogen) atoms. The Morgan fingerprint density at radius 3 is 2.21 bits per heavy atom. The fraction of sp³-hybridized carbons (Fsp3) is 0.727. The number of aromatic nitrogens is 2. The molecule has 1 rings (SSSR count). The van der Waals surface area contributed by atoms with Crippen molar-refractivity contribution in [3.63, 3.8) is 0 Å². The first-order valence-corrected chi connectivity index (χ1v) is 5.35. The Bertz CT molecular complexity index is 266. The van der Waals surface area contributed by atoms with Gasteiger partial charge in [0, 0.05) is 18.3 Å². The summed E-state index contributed by atoms with van der Waals surface area (Å²) < 4.78 is 7.26. The summed E-state index contributed by atoms with van der Waals surface area (Å²) in [6.45, 7) is 10.8. The van der Waals surface area contributed by atoms with Crippen LogP contribution in [0.1, 0.15) is 39.0 Å². The van der Waals surface area contributed by atoms with Crippen LogP contribution in [0.3, 0.4) is 0 Å². The van der Waals surface area contributed by atoms with Gasteiger partial charge in [0.1, 0.15) is 0 Å². The molecule has 82 valence electrons. The molecule has 1 aromatic rings. The lowest BCUT2D eigenvalue weighted by Gasteiger charge is -1.98. The highest BCUT2D eigenvalue weighted by Gasteiger charge is 2.10. The minimum Gasteiger partial charge on any atom is -0.477 e. The molecule has 3 heteroatoms. The van der Waals surface area contributed by atoms with E-state index in [0.29, 0.717) is 6.61 Å². The Kier molecular flexibility index (Phi) is 6.00. The zero-order valence-electron chi connectivity index (χ0n) is 10.2. The van der Waals surface area contributed by atoms with E-state index in [-0.39, 0.29) is 0 Å². The van der Waals surface area contributed by atoms with Crippen molar-refractivity contribution in [2.24, 2.45) is 7.05 Å². The topological polar surface area (TPSA) is 27.1 Å². The van der Waals surface area contributed by atoms with E-state index in [4.69, 9.17) is 4.74 Å². The van der Waals surface area contributed by atoms with Crippen LogP contribution >= 0.6 is 0 Å². The van der Waals surface area contributed by atoms with E-state index in [2.05, 4.69) is 18.9 Å². The average molecular weight is 198 g/mol. The van der Waals surface area contributed by atoms with Crippen LogP contribution < -0.4 is 4.74 Å². The van der Waals surface area contributed by atoms with Crippen LogP contribution in [0.2, 0.25) is 0 Å². The highest BCUT2D eigenvalue weighted by atomic mass is 16.5. The molecule has 0 spiro atoms. The monoisotopic (exact) mass is 198 g/mol. The number of hydrogen-bond acceptors (Lipinski definition) is 2. The van der Waals surface area contributed by atoms with E-state index in [9.17, 15) is 0 Å². The molecule has 0 saturated carbocycles. The zero-order chi connectivity index (χ0) is 11.1. The van der Waals surface area contributed by atoms with E-state index in [0.717, 1.165) is 12.3 Å². The molecule has 0 radical (unpaired) electrons. The molecule has 0 atom stereocenters. The maximum absolute atomic E-state index is 5.37. The number of ether oxygens (including phenoxy) is 1. The van der Waals surface area contributed by atoms with E-state index in [1.165, 1.54) is 11.3 Å². The molecule has 0 bridgehead atoms. The summed E-state index contributed by atoms with van der Waals surface area (Å²) in [6, 6.07) is 0. The third-order valence-corrected chi connectivity index (χ3v) is 2.00. The van der Waals surface area contributed by atoms with Crippen LogP contribution in [0.5, 0.6) is 5.88 Å². The molecule has 0 N–H and O–H groups in total.